The predicted octanol–water partition coefficient (Wildman–Crippen LogP) is 3.46. The summed E-state index contributed by atoms with van der Waals surface area (Å²) in [6.45, 7) is 4.36. The van der Waals surface area contributed by atoms with Gasteiger partial charge in [0, 0.05) is 5.56 Å². The molecule has 1 unspecified atom stereocenters. The van der Waals surface area contributed by atoms with Crippen LogP contribution in [0.15, 0.2) is 46.8 Å². The zero-order chi connectivity index (χ0) is 18.8. The molecule has 0 aromatic carbocycles. The molecule has 0 amide bonds. The Morgan fingerprint density at radius 2 is 2.26 bits per heavy atom. The minimum absolute atomic E-state index is 0.0755. The first kappa shape index (κ1) is 16.8. The summed E-state index contributed by atoms with van der Waals surface area (Å²) in [5.74, 6) is -0.888. The van der Waals surface area contributed by atoms with Crippen molar-refractivity contribution in [3.05, 3.63) is 48.0 Å². The molecule has 2 bridgehead atoms. The molecule has 2 aliphatic carbocycles. The van der Waals surface area contributed by atoms with E-state index in [4.69, 9.17) is 18.6 Å². The molecule has 0 N–H and O–H groups in total. The van der Waals surface area contributed by atoms with Crippen LogP contribution in [0.2, 0.25) is 0 Å². The molecule has 3 heterocycles. The van der Waals surface area contributed by atoms with Crippen molar-refractivity contribution in [3.63, 3.8) is 0 Å². The highest BCUT2D eigenvalue weighted by atomic mass is 16.7. The number of furan rings is 1. The molecule has 1 saturated carbocycles. The molecule has 6 nitrogen and oxygen atoms in total. The Labute approximate surface area is 157 Å². The van der Waals surface area contributed by atoms with Gasteiger partial charge in [0.05, 0.1) is 36.7 Å². The van der Waals surface area contributed by atoms with Gasteiger partial charge in [-0.1, -0.05) is 18.2 Å². The van der Waals surface area contributed by atoms with E-state index in [1.807, 2.05) is 12.1 Å². The summed E-state index contributed by atoms with van der Waals surface area (Å²) in [6.07, 6.45) is 7.63. The second-order valence-corrected chi connectivity index (χ2v) is 7.98. The van der Waals surface area contributed by atoms with E-state index < -0.39 is 23.1 Å². The number of methoxy groups -OCH3 is 1. The Morgan fingerprint density at radius 3 is 3.00 bits per heavy atom. The second kappa shape index (κ2) is 5.58. The largest absolute Gasteiger partial charge is 0.472 e. The number of allylic oxidation sites excluding steroid dienone is 1. The molecule has 0 radical (unpaired) electrons. The van der Waals surface area contributed by atoms with E-state index in [0.717, 1.165) is 24.0 Å². The van der Waals surface area contributed by atoms with Crippen LogP contribution in [-0.2, 0) is 23.8 Å². The van der Waals surface area contributed by atoms with Crippen molar-refractivity contribution >= 4 is 11.9 Å². The Hall–Kier alpha value is -2.34. The molecule has 2 aliphatic heterocycles. The first-order valence-corrected chi connectivity index (χ1v) is 9.40. The highest BCUT2D eigenvalue weighted by molar-refractivity contribution is 5.99. The van der Waals surface area contributed by atoms with Crippen molar-refractivity contribution in [1.82, 2.24) is 0 Å². The van der Waals surface area contributed by atoms with Gasteiger partial charge in [-0.05, 0) is 44.1 Å². The minimum Gasteiger partial charge on any atom is -0.472 e. The summed E-state index contributed by atoms with van der Waals surface area (Å²) in [5.41, 5.74) is 0.985. The van der Waals surface area contributed by atoms with E-state index >= 15 is 0 Å². The lowest BCUT2D eigenvalue weighted by Crippen LogP contribution is -2.63. The van der Waals surface area contributed by atoms with Crippen molar-refractivity contribution in [1.29, 1.82) is 0 Å². The molecule has 6 heteroatoms. The summed E-state index contributed by atoms with van der Waals surface area (Å²) in [6, 6.07) is 1.87. The van der Waals surface area contributed by atoms with Gasteiger partial charge in [-0.3, -0.25) is 4.79 Å². The fourth-order valence-electron chi connectivity index (χ4n) is 5.90. The third kappa shape index (κ3) is 1.94. The van der Waals surface area contributed by atoms with Gasteiger partial charge in [-0.2, -0.15) is 0 Å². The van der Waals surface area contributed by atoms with Crippen molar-refractivity contribution in [2.24, 2.45) is 16.7 Å². The molecular weight excluding hydrogens is 348 g/mol. The van der Waals surface area contributed by atoms with Gasteiger partial charge in [0.1, 0.15) is 5.41 Å². The van der Waals surface area contributed by atoms with Gasteiger partial charge in [0.15, 0.2) is 0 Å². The molecule has 5 rings (SSSR count). The van der Waals surface area contributed by atoms with Crippen LogP contribution in [-0.4, -0.2) is 25.3 Å². The zero-order valence-electron chi connectivity index (χ0n) is 15.2. The average Bonchev–Trinajstić information content (AvgIpc) is 3.33. The number of rotatable bonds is 2. The number of hydrogen-bond acceptors (Lipinski definition) is 6. The number of carbonyl (C=O) groups excluding carboxylic acids is 2. The smallest absolute Gasteiger partial charge is 0.334 e. The van der Waals surface area contributed by atoms with Crippen LogP contribution < -0.4 is 0 Å². The van der Waals surface area contributed by atoms with Crippen molar-refractivity contribution in [2.45, 2.75) is 44.5 Å². The van der Waals surface area contributed by atoms with Gasteiger partial charge < -0.3 is 18.6 Å². The Morgan fingerprint density at radius 1 is 1.41 bits per heavy atom. The lowest BCUT2D eigenvalue weighted by Gasteiger charge is -2.59. The van der Waals surface area contributed by atoms with Crippen molar-refractivity contribution in [2.75, 3.05) is 7.11 Å². The van der Waals surface area contributed by atoms with E-state index in [1.54, 1.807) is 12.5 Å². The highest BCUT2D eigenvalue weighted by Gasteiger charge is 2.72. The van der Waals surface area contributed by atoms with E-state index in [9.17, 15) is 9.59 Å². The van der Waals surface area contributed by atoms with E-state index in [-0.39, 0.29) is 18.0 Å². The van der Waals surface area contributed by atoms with Gasteiger partial charge in [0.2, 0.25) is 6.29 Å². The van der Waals surface area contributed by atoms with Crippen LogP contribution in [0.1, 0.15) is 43.8 Å². The monoisotopic (exact) mass is 370 g/mol. The predicted molar refractivity (Wildman–Crippen MR) is 93.1 cm³/mol. The van der Waals surface area contributed by atoms with E-state index in [1.165, 1.54) is 7.11 Å². The van der Waals surface area contributed by atoms with Gasteiger partial charge in [-0.25, -0.2) is 4.79 Å². The van der Waals surface area contributed by atoms with Crippen molar-refractivity contribution in [3.8, 4) is 0 Å². The summed E-state index contributed by atoms with van der Waals surface area (Å²) in [4.78, 5) is 25.8. The van der Waals surface area contributed by atoms with Crippen LogP contribution >= 0.6 is 0 Å². The van der Waals surface area contributed by atoms with E-state index in [2.05, 4.69) is 6.58 Å². The lowest BCUT2D eigenvalue weighted by atomic mass is 9.46. The maximum atomic E-state index is 13.2. The fourth-order valence-corrected chi connectivity index (χ4v) is 5.90. The van der Waals surface area contributed by atoms with Crippen molar-refractivity contribution < 1.29 is 28.2 Å². The topological polar surface area (TPSA) is 75.0 Å². The second-order valence-electron chi connectivity index (χ2n) is 7.98. The summed E-state index contributed by atoms with van der Waals surface area (Å²) in [7, 11) is 1.35. The average molecular weight is 370 g/mol. The third-order valence-electron chi connectivity index (χ3n) is 7.11. The maximum Gasteiger partial charge on any atom is 0.334 e. The molecular formula is C21H22O6. The van der Waals surface area contributed by atoms with Gasteiger partial charge in [0.25, 0.3) is 0 Å². The first-order valence-electron chi connectivity index (χ1n) is 9.40. The molecule has 27 heavy (non-hydrogen) atoms. The molecule has 5 atom stereocenters. The Kier molecular flexibility index (Phi) is 3.47. The SMILES string of the molecule is C=C1CCC23C(=O)O[C@@H]4O[C@@H](c5ccoc5)C[C@@]14[C@@H]2CCC=C3C(=O)OC. The third-order valence-corrected chi connectivity index (χ3v) is 7.11. The lowest BCUT2D eigenvalue weighted by molar-refractivity contribution is -0.241. The number of esters is 2. The Bertz CT molecular complexity index is 852. The summed E-state index contributed by atoms with van der Waals surface area (Å²) < 4.78 is 22.3. The Balaban J connectivity index is 1.64. The highest BCUT2D eigenvalue weighted by Crippen LogP contribution is 2.70. The van der Waals surface area contributed by atoms with Crippen LogP contribution in [0.5, 0.6) is 0 Å². The fraction of sp³-hybridized carbons (Fsp3) is 0.524. The van der Waals surface area contributed by atoms with Crippen LogP contribution in [0.25, 0.3) is 0 Å². The molecule has 142 valence electrons. The minimum atomic E-state index is -0.961. The van der Waals surface area contributed by atoms with E-state index in [0.29, 0.717) is 24.8 Å². The number of ether oxygens (including phenoxy) is 3. The van der Waals surface area contributed by atoms with Crippen LogP contribution in [0, 0.1) is 16.7 Å². The molecule has 1 aromatic rings. The summed E-state index contributed by atoms with van der Waals surface area (Å²) >= 11 is 0. The molecule has 4 aliphatic rings. The number of hydrogen-bond donors (Lipinski definition) is 0. The standard InChI is InChI=1S/C21H22O6/c1-12-6-8-20-14(17(22)24-2)4-3-5-16(20)21(12)10-15(13-7-9-25-11-13)26-19(21)27-18(20)23/h4,7,9,11,15-16,19H,1,3,5-6,8,10H2,2H3/t15-,16-,19+,20?,21+/m1/s1. The number of carbonyl (C=O) groups is 2. The maximum absolute atomic E-state index is 13.2. The van der Waals surface area contributed by atoms with Gasteiger partial charge >= 0.3 is 11.9 Å². The van der Waals surface area contributed by atoms with Crippen LogP contribution in [0.4, 0.5) is 0 Å². The van der Waals surface area contributed by atoms with Gasteiger partial charge in [-0.15, -0.1) is 0 Å². The molecule has 3 fully saturated rings. The summed E-state index contributed by atoms with van der Waals surface area (Å²) in [5, 5.41) is 0. The quantitative estimate of drug-likeness (QED) is 0.586. The van der Waals surface area contributed by atoms with Crippen LogP contribution in [0.3, 0.4) is 0 Å². The normalized spacial score (nSPS) is 39.9. The zero-order valence-corrected chi connectivity index (χ0v) is 15.2. The molecule has 2 saturated heterocycles. The molecule has 1 spiro atoms. The first-order chi connectivity index (χ1) is 13.0. The molecule has 1 aromatic heterocycles.